The zero-order chi connectivity index (χ0) is 12.8. The third-order valence-electron chi connectivity index (χ3n) is 2.49. The molecule has 4 heteroatoms. The maximum Gasteiger partial charge on any atom is 0.166 e. The van der Waals surface area contributed by atoms with Crippen LogP contribution >= 0.6 is 0 Å². The molecular weight excluding hydrogens is 226 g/mol. The van der Waals surface area contributed by atoms with Crippen LogP contribution in [0.1, 0.15) is 18.3 Å². The Balaban J connectivity index is 2.05. The summed E-state index contributed by atoms with van der Waals surface area (Å²) in [5, 5.41) is 0. The lowest BCUT2D eigenvalue weighted by molar-refractivity contribution is 0.292. The number of nitrogens with two attached hydrogens (primary N) is 1. The van der Waals surface area contributed by atoms with Crippen molar-refractivity contribution in [2.75, 3.05) is 0 Å². The Morgan fingerprint density at radius 3 is 2.61 bits per heavy atom. The number of benzene rings is 1. The Morgan fingerprint density at radius 1 is 1.17 bits per heavy atom. The van der Waals surface area contributed by atoms with E-state index >= 15 is 0 Å². The van der Waals surface area contributed by atoms with Crippen LogP contribution in [0.5, 0.6) is 5.75 Å². The summed E-state index contributed by atoms with van der Waals surface area (Å²) in [6.45, 7) is 2.36. The minimum Gasteiger partial charge on any atom is -0.485 e. The molecule has 0 bridgehead atoms. The molecule has 0 spiro atoms. The minimum atomic E-state index is 0.114. The van der Waals surface area contributed by atoms with Gasteiger partial charge in [-0.05, 0) is 31.0 Å². The molecule has 2 N–H and O–H groups in total. The summed E-state index contributed by atoms with van der Waals surface area (Å²) in [7, 11) is 0. The molecule has 0 fully saturated rings. The molecule has 2 aromatic rings. The Kier molecular flexibility index (Phi) is 4.25. The van der Waals surface area contributed by atoms with E-state index in [0.29, 0.717) is 12.4 Å². The van der Waals surface area contributed by atoms with Gasteiger partial charge in [0, 0.05) is 18.4 Å². The van der Waals surface area contributed by atoms with E-state index in [1.807, 2.05) is 31.2 Å². The van der Waals surface area contributed by atoms with Crippen molar-refractivity contribution in [3.8, 4) is 5.75 Å². The fourth-order valence-corrected chi connectivity index (χ4v) is 1.71. The fourth-order valence-electron chi connectivity index (χ4n) is 1.71. The third kappa shape index (κ3) is 3.53. The summed E-state index contributed by atoms with van der Waals surface area (Å²) < 4.78 is 5.74. The second-order valence-electron chi connectivity index (χ2n) is 4.24. The van der Waals surface area contributed by atoms with E-state index < -0.39 is 0 Å². The molecule has 2 rings (SSSR count). The minimum absolute atomic E-state index is 0.114. The zero-order valence-corrected chi connectivity index (χ0v) is 10.4. The van der Waals surface area contributed by atoms with E-state index in [9.17, 15) is 0 Å². The van der Waals surface area contributed by atoms with Crippen molar-refractivity contribution < 1.29 is 4.74 Å². The van der Waals surface area contributed by atoms with Crippen molar-refractivity contribution in [1.29, 1.82) is 0 Å². The second-order valence-corrected chi connectivity index (χ2v) is 4.24. The Labute approximate surface area is 107 Å². The van der Waals surface area contributed by atoms with Gasteiger partial charge < -0.3 is 10.5 Å². The first-order chi connectivity index (χ1) is 8.75. The molecule has 0 aliphatic carbocycles. The van der Waals surface area contributed by atoms with Gasteiger partial charge in [0.15, 0.2) is 5.82 Å². The number of hydrogen-bond acceptors (Lipinski definition) is 4. The summed E-state index contributed by atoms with van der Waals surface area (Å²) in [5.41, 5.74) is 6.93. The molecule has 0 aliphatic rings. The van der Waals surface area contributed by atoms with E-state index in [2.05, 4.69) is 9.97 Å². The number of nitrogens with zero attached hydrogens (tertiary/aromatic N) is 2. The highest BCUT2D eigenvalue weighted by molar-refractivity contribution is 5.33. The molecule has 18 heavy (non-hydrogen) atoms. The first-order valence-electron chi connectivity index (χ1n) is 5.98. The van der Waals surface area contributed by atoms with Gasteiger partial charge in [-0.3, -0.25) is 0 Å². The van der Waals surface area contributed by atoms with Gasteiger partial charge in [-0.15, -0.1) is 0 Å². The van der Waals surface area contributed by atoms with Crippen molar-refractivity contribution >= 4 is 0 Å². The Morgan fingerprint density at radius 2 is 1.89 bits per heavy atom. The van der Waals surface area contributed by atoms with Crippen molar-refractivity contribution in [3.05, 3.63) is 54.1 Å². The summed E-state index contributed by atoms with van der Waals surface area (Å²) in [5.74, 6) is 1.52. The van der Waals surface area contributed by atoms with Crippen LogP contribution in [-0.4, -0.2) is 16.0 Å². The second kappa shape index (κ2) is 6.12. The monoisotopic (exact) mass is 243 g/mol. The van der Waals surface area contributed by atoms with E-state index in [1.165, 1.54) is 0 Å². The van der Waals surface area contributed by atoms with Crippen molar-refractivity contribution in [2.45, 2.75) is 26.0 Å². The van der Waals surface area contributed by atoms with Crippen LogP contribution < -0.4 is 10.5 Å². The van der Waals surface area contributed by atoms with Crippen molar-refractivity contribution in [3.63, 3.8) is 0 Å². The molecule has 94 valence electrons. The Bertz CT molecular complexity index is 485. The summed E-state index contributed by atoms with van der Waals surface area (Å²) in [6.07, 6.45) is 4.21. The SMILES string of the molecule is CC(N)Cc1ccccc1OCc1ncccn1. The first kappa shape index (κ1) is 12.5. The van der Waals surface area contributed by atoms with Gasteiger partial charge in [0.1, 0.15) is 12.4 Å². The molecule has 0 aliphatic heterocycles. The van der Waals surface area contributed by atoms with Crippen molar-refractivity contribution in [2.24, 2.45) is 5.73 Å². The van der Waals surface area contributed by atoms with Gasteiger partial charge >= 0.3 is 0 Å². The summed E-state index contributed by atoms with van der Waals surface area (Å²) in [6, 6.07) is 9.82. The first-order valence-corrected chi connectivity index (χ1v) is 5.98. The maximum atomic E-state index is 5.82. The molecule has 1 aromatic carbocycles. The molecule has 4 nitrogen and oxygen atoms in total. The normalized spacial score (nSPS) is 12.1. The maximum absolute atomic E-state index is 5.82. The van der Waals surface area contributed by atoms with Crippen LogP contribution in [-0.2, 0) is 13.0 Å². The van der Waals surface area contributed by atoms with Crippen LogP contribution in [0.2, 0.25) is 0 Å². The highest BCUT2D eigenvalue weighted by atomic mass is 16.5. The fraction of sp³-hybridized carbons (Fsp3) is 0.286. The van der Waals surface area contributed by atoms with Crippen LogP contribution in [0.25, 0.3) is 0 Å². The standard InChI is InChI=1S/C14H17N3O/c1-11(15)9-12-5-2-3-6-13(12)18-10-14-16-7-4-8-17-14/h2-8,11H,9-10,15H2,1H3. The largest absolute Gasteiger partial charge is 0.485 e. The smallest absolute Gasteiger partial charge is 0.166 e. The summed E-state index contributed by atoms with van der Waals surface area (Å²) >= 11 is 0. The molecular formula is C14H17N3O. The van der Waals surface area contributed by atoms with E-state index in [-0.39, 0.29) is 6.04 Å². The molecule has 1 unspecified atom stereocenters. The molecule has 1 heterocycles. The zero-order valence-electron chi connectivity index (χ0n) is 10.4. The lowest BCUT2D eigenvalue weighted by Gasteiger charge is -2.12. The Hall–Kier alpha value is -1.94. The van der Waals surface area contributed by atoms with Crippen LogP contribution in [0, 0.1) is 0 Å². The van der Waals surface area contributed by atoms with Gasteiger partial charge in [0.2, 0.25) is 0 Å². The highest BCUT2D eigenvalue weighted by Crippen LogP contribution is 2.20. The van der Waals surface area contributed by atoms with E-state index in [1.54, 1.807) is 18.5 Å². The number of aromatic nitrogens is 2. The molecule has 0 saturated heterocycles. The average molecular weight is 243 g/mol. The number of para-hydroxylation sites is 1. The number of hydrogen-bond donors (Lipinski definition) is 1. The predicted octanol–water partition coefficient (Wildman–Crippen LogP) is 1.95. The lowest BCUT2D eigenvalue weighted by atomic mass is 10.1. The summed E-state index contributed by atoms with van der Waals surface area (Å²) in [4.78, 5) is 8.25. The predicted molar refractivity (Wildman–Crippen MR) is 70.2 cm³/mol. The third-order valence-corrected chi connectivity index (χ3v) is 2.49. The van der Waals surface area contributed by atoms with Crippen LogP contribution in [0.4, 0.5) is 0 Å². The topological polar surface area (TPSA) is 61.0 Å². The van der Waals surface area contributed by atoms with E-state index in [0.717, 1.165) is 17.7 Å². The molecule has 0 saturated carbocycles. The highest BCUT2D eigenvalue weighted by Gasteiger charge is 2.06. The quantitative estimate of drug-likeness (QED) is 0.871. The van der Waals surface area contributed by atoms with Gasteiger partial charge in [0.25, 0.3) is 0 Å². The van der Waals surface area contributed by atoms with Crippen molar-refractivity contribution in [1.82, 2.24) is 9.97 Å². The number of rotatable bonds is 5. The van der Waals surface area contributed by atoms with Gasteiger partial charge in [-0.25, -0.2) is 9.97 Å². The molecule has 0 radical (unpaired) electrons. The van der Waals surface area contributed by atoms with Gasteiger partial charge in [-0.1, -0.05) is 18.2 Å². The molecule has 1 aromatic heterocycles. The number of ether oxygens (including phenoxy) is 1. The van der Waals surface area contributed by atoms with Crippen LogP contribution in [0.3, 0.4) is 0 Å². The van der Waals surface area contributed by atoms with Crippen LogP contribution in [0.15, 0.2) is 42.7 Å². The molecule has 1 atom stereocenters. The van der Waals surface area contributed by atoms with Gasteiger partial charge in [0.05, 0.1) is 0 Å². The average Bonchev–Trinajstić information content (AvgIpc) is 2.38. The van der Waals surface area contributed by atoms with Gasteiger partial charge in [-0.2, -0.15) is 0 Å². The van der Waals surface area contributed by atoms with E-state index in [4.69, 9.17) is 10.5 Å². The molecule has 0 amide bonds. The lowest BCUT2D eigenvalue weighted by Crippen LogP contribution is -2.18.